The number of hydrogen-bond donors (Lipinski definition) is 0. The van der Waals surface area contributed by atoms with E-state index in [1.807, 2.05) is 0 Å². The first-order chi connectivity index (χ1) is 14.8. The number of carbonyl (C=O) groups excluding carboxylic acids is 3. The second-order valence-corrected chi connectivity index (χ2v) is 9.06. The lowest BCUT2D eigenvalue weighted by Gasteiger charge is -2.34. The Morgan fingerprint density at radius 3 is 2.16 bits per heavy atom. The fraction of sp³-hybridized carbons (Fsp3) is 0.571. The van der Waals surface area contributed by atoms with Crippen LogP contribution in [0.4, 0.5) is 11.4 Å². The molecule has 0 radical (unpaired) electrons. The fourth-order valence-electron chi connectivity index (χ4n) is 3.31. The fourth-order valence-corrected chi connectivity index (χ4v) is 3.31. The van der Waals surface area contributed by atoms with Crippen molar-refractivity contribution in [1.82, 2.24) is 0 Å². The Bertz CT molecular complexity index is 919. The van der Waals surface area contributed by atoms with Gasteiger partial charge in [0.25, 0.3) is 11.4 Å². The normalized spacial score (nSPS) is 21.4. The molecular formula is C21H26N2O9. The molecule has 0 saturated heterocycles. The Balaban J connectivity index is 2.34. The number of carbonyl (C=O) groups is 3. The number of nitrogens with zero attached hydrogens (tertiary/aromatic N) is 2. The molecular weight excluding hydrogens is 424 g/mol. The van der Waals surface area contributed by atoms with Crippen LogP contribution in [-0.2, 0) is 19.1 Å². The number of non-ortho nitro benzene ring substituents is 2. The number of nitro groups is 2. The van der Waals surface area contributed by atoms with Crippen LogP contribution in [0.1, 0.15) is 63.7 Å². The van der Waals surface area contributed by atoms with Crippen LogP contribution in [0.15, 0.2) is 18.2 Å². The predicted molar refractivity (Wildman–Crippen MR) is 111 cm³/mol. The molecule has 1 fully saturated rings. The molecule has 0 heterocycles. The van der Waals surface area contributed by atoms with Crippen LogP contribution in [0, 0.1) is 31.1 Å². The van der Waals surface area contributed by atoms with Gasteiger partial charge in [0.05, 0.1) is 32.3 Å². The summed E-state index contributed by atoms with van der Waals surface area (Å²) in [7, 11) is 0. The third-order valence-electron chi connectivity index (χ3n) is 5.39. The SMILES string of the molecule is CC(C)(C)C(=O)OC[C@@]1(C)C(=O)CCCC[C@@H]1OC(=O)c1cc([N+](=O)[O-])cc([N+](=O)[O-])c1. The Hall–Kier alpha value is -3.37. The van der Waals surface area contributed by atoms with E-state index in [2.05, 4.69) is 0 Å². The molecule has 0 aliphatic heterocycles. The molecule has 1 aromatic carbocycles. The first-order valence-corrected chi connectivity index (χ1v) is 10.1. The number of benzene rings is 1. The van der Waals surface area contributed by atoms with Gasteiger partial charge in [-0.25, -0.2) is 4.79 Å². The van der Waals surface area contributed by atoms with E-state index in [0.717, 1.165) is 18.2 Å². The van der Waals surface area contributed by atoms with Gasteiger partial charge in [-0.1, -0.05) is 0 Å². The molecule has 1 aliphatic rings. The number of esters is 2. The van der Waals surface area contributed by atoms with Gasteiger partial charge in [0.2, 0.25) is 0 Å². The lowest BCUT2D eigenvalue weighted by Crippen LogP contribution is -2.46. The second kappa shape index (κ2) is 9.41. The highest BCUT2D eigenvalue weighted by atomic mass is 16.6. The summed E-state index contributed by atoms with van der Waals surface area (Å²) in [6.07, 6.45) is 0.688. The summed E-state index contributed by atoms with van der Waals surface area (Å²) in [6.45, 7) is 6.25. The molecule has 0 spiro atoms. The van der Waals surface area contributed by atoms with Gasteiger partial charge >= 0.3 is 11.9 Å². The Morgan fingerprint density at radius 2 is 1.66 bits per heavy atom. The molecule has 1 aliphatic carbocycles. The van der Waals surface area contributed by atoms with Crippen molar-refractivity contribution in [2.45, 2.75) is 59.5 Å². The quantitative estimate of drug-likeness (QED) is 0.272. The van der Waals surface area contributed by atoms with Gasteiger partial charge < -0.3 is 9.47 Å². The minimum absolute atomic E-state index is 0.222. The van der Waals surface area contributed by atoms with Crippen LogP contribution in [0.2, 0.25) is 0 Å². The molecule has 0 N–H and O–H groups in total. The van der Waals surface area contributed by atoms with E-state index in [0.29, 0.717) is 19.3 Å². The third kappa shape index (κ3) is 5.65. The van der Waals surface area contributed by atoms with E-state index in [4.69, 9.17) is 9.47 Å². The highest BCUT2D eigenvalue weighted by molar-refractivity contribution is 5.92. The Morgan fingerprint density at radius 1 is 1.09 bits per heavy atom. The molecule has 1 saturated carbocycles. The largest absolute Gasteiger partial charge is 0.464 e. The van der Waals surface area contributed by atoms with Gasteiger partial charge in [-0.2, -0.15) is 0 Å². The lowest BCUT2D eigenvalue weighted by atomic mass is 9.79. The first kappa shape index (κ1) is 24.9. The minimum atomic E-state index is -1.32. The standard InChI is InChI=1S/C21H26N2O9/c1-20(2,3)19(26)31-12-21(4)16(24)7-5-6-8-17(21)32-18(25)13-9-14(22(27)28)11-15(10-13)23(29)30/h9-11,17H,5-8,12H2,1-4H3/t17-,21-/m0/s1. The molecule has 0 aromatic heterocycles. The van der Waals surface area contributed by atoms with Crippen LogP contribution < -0.4 is 0 Å². The number of Topliss-reactive ketones (excluding diaryl/α,β-unsaturated/α-hetero) is 1. The van der Waals surface area contributed by atoms with E-state index in [1.165, 1.54) is 0 Å². The number of nitro benzene ring substituents is 2. The molecule has 32 heavy (non-hydrogen) atoms. The molecule has 0 amide bonds. The van der Waals surface area contributed by atoms with Gasteiger partial charge in [0.15, 0.2) is 0 Å². The first-order valence-electron chi connectivity index (χ1n) is 10.1. The highest BCUT2D eigenvalue weighted by Crippen LogP contribution is 2.36. The number of rotatable bonds is 6. The average molecular weight is 450 g/mol. The maximum Gasteiger partial charge on any atom is 0.338 e. The zero-order valence-electron chi connectivity index (χ0n) is 18.4. The molecule has 11 heteroatoms. The number of hydrogen-bond acceptors (Lipinski definition) is 9. The van der Waals surface area contributed by atoms with Gasteiger partial charge in [0, 0.05) is 18.6 Å². The molecule has 2 rings (SSSR count). The van der Waals surface area contributed by atoms with Crippen molar-refractivity contribution in [3.63, 3.8) is 0 Å². The topological polar surface area (TPSA) is 156 Å². The van der Waals surface area contributed by atoms with Crippen molar-refractivity contribution >= 4 is 29.1 Å². The maximum absolute atomic E-state index is 12.9. The number of ether oxygens (including phenoxy) is 2. The van der Waals surface area contributed by atoms with Gasteiger partial charge in [-0.05, 0) is 47.0 Å². The van der Waals surface area contributed by atoms with E-state index in [9.17, 15) is 34.6 Å². The van der Waals surface area contributed by atoms with Crippen LogP contribution >= 0.6 is 0 Å². The molecule has 11 nitrogen and oxygen atoms in total. The van der Waals surface area contributed by atoms with E-state index in [1.54, 1.807) is 27.7 Å². The van der Waals surface area contributed by atoms with Crippen molar-refractivity contribution in [3.8, 4) is 0 Å². The second-order valence-electron chi connectivity index (χ2n) is 9.06. The zero-order chi connectivity index (χ0) is 24.3. The van der Waals surface area contributed by atoms with Gasteiger partial charge in [-0.3, -0.25) is 29.8 Å². The zero-order valence-corrected chi connectivity index (χ0v) is 18.4. The molecule has 2 atom stereocenters. The summed E-state index contributed by atoms with van der Waals surface area (Å²) in [5.74, 6) is -1.79. The lowest BCUT2D eigenvalue weighted by molar-refractivity contribution is -0.394. The van der Waals surface area contributed by atoms with Crippen molar-refractivity contribution in [3.05, 3.63) is 44.0 Å². The van der Waals surface area contributed by atoms with Crippen molar-refractivity contribution in [2.75, 3.05) is 6.61 Å². The molecule has 0 bridgehead atoms. The Kier molecular flexibility index (Phi) is 7.32. The maximum atomic E-state index is 12.9. The summed E-state index contributed by atoms with van der Waals surface area (Å²) in [5, 5.41) is 22.2. The molecule has 174 valence electrons. The van der Waals surface area contributed by atoms with Crippen LogP contribution in [0.25, 0.3) is 0 Å². The molecule has 1 aromatic rings. The minimum Gasteiger partial charge on any atom is -0.464 e. The van der Waals surface area contributed by atoms with Crippen molar-refractivity contribution in [2.24, 2.45) is 10.8 Å². The summed E-state index contributed by atoms with van der Waals surface area (Å²) in [5.41, 5.74) is -3.76. The Labute approximate surface area is 184 Å². The van der Waals surface area contributed by atoms with Crippen molar-refractivity contribution in [1.29, 1.82) is 0 Å². The number of ketones is 1. The summed E-state index contributed by atoms with van der Waals surface area (Å²) in [6, 6.07) is 2.50. The van der Waals surface area contributed by atoms with E-state index in [-0.39, 0.29) is 24.4 Å². The van der Waals surface area contributed by atoms with Crippen LogP contribution in [0.5, 0.6) is 0 Å². The highest BCUT2D eigenvalue weighted by Gasteiger charge is 2.46. The predicted octanol–water partition coefficient (Wildman–Crippen LogP) is 3.77. The summed E-state index contributed by atoms with van der Waals surface area (Å²) < 4.78 is 10.9. The molecule has 0 unspecified atom stereocenters. The van der Waals surface area contributed by atoms with E-state index < -0.39 is 50.1 Å². The van der Waals surface area contributed by atoms with Crippen LogP contribution in [-0.4, -0.2) is 40.3 Å². The summed E-state index contributed by atoms with van der Waals surface area (Å²) in [4.78, 5) is 58.4. The monoisotopic (exact) mass is 450 g/mol. The third-order valence-corrected chi connectivity index (χ3v) is 5.39. The van der Waals surface area contributed by atoms with Crippen molar-refractivity contribution < 1.29 is 33.7 Å². The van der Waals surface area contributed by atoms with E-state index >= 15 is 0 Å². The van der Waals surface area contributed by atoms with Gasteiger partial charge in [-0.15, -0.1) is 0 Å². The van der Waals surface area contributed by atoms with Crippen LogP contribution in [0.3, 0.4) is 0 Å². The van der Waals surface area contributed by atoms with Gasteiger partial charge in [0.1, 0.15) is 18.5 Å². The smallest absolute Gasteiger partial charge is 0.338 e. The average Bonchev–Trinajstić information content (AvgIpc) is 2.84. The summed E-state index contributed by atoms with van der Waals surface area (Å²) >= 11 is 0.